The number of aryl methyl sites for hydroxylation is 1. The summed E-state index contributed by atoms with van der Waals surface area (Å²) in [5.74, 6) is -0.593. The second-order valence-electron chi connectivity index (χ2n) is 7.95. The molecule has 166 valence electrons. The van der Waals surface area contributed by atoms with E-state index in [9.17, 15) is 17.6 Å². The molecule has 0 atom stereocenters. The van der Waals surface area contributed by atoms with Gasteiger partial charge in [-0.15, -0.1) is 0 Å². The molecule has 1 saturated heterocycles. The van der Waals surface area contributed by atoms with E-state index in [0.717, 1.165) is 28.8 Å². The summed E-state index contributed by atoms with van der Waals surface area (Å²) in [4.78, 5) is 14.9. The summed E-state index contributed by atoms with van der Waals surface area (Å²) >= 11 is 0. The molecular weight excluding hydrogens is 427 g/mol. The van der Waals surface area contributed by atoms with E-state index in [4.69, 9.17) is 0 Å². The van der Waals surface area contributed by atoms with E-state index in [-0.39, 0.29) is 17.3 Å². The molecule has 7 heteroatoms. The molecule has 0 unspecified atom stereocenters. The maximum Gasteiger partial charge on any atom is 0.253 e. The molecule has 0 aliphatic carbocycles. The monoisotopic (exact) mass is 452 g/mol. The summed E-state index contributed by atoms with van der Waals surface area (Å²) in [7, 11) is -3.73. The Morgan fingerprint density at radius 1 is 0.844 bits per heavy atom. The molecule has 1 aliphatic heterocycles. The van der Waals surface area contributed by atoms with Gasteiger partial charge in [0.05, 0.1) is 4.90 Å². The van der Waals surface area contributed by atoms with E-state index in [1.807, 2.05) is 43.3 Å². The van der Waals surface area contributed by atoms with Crippen LogP contribution in [0.1, 0.15) is 22.3 Å². The van der Waals surface area contributed by atoms with E-state index in [2.05, 4.69) is 6.07 Å². The first-order valence-electron chi connectivity index (χ1n) is 10.6. The third kappa shape index (κ3) is 4.74. The number of hydrogen-bond acceptors (Lipinski definition) is 3. The minimum atomic E-state index is -3.73. The molecule has 0 aromatic heterocycles. The summed E-state index contributed by atoms with van der Waals surface area (Å²) in [5.41, 5.74) is 3.75. The van der Waals surface area contributed by atoms with Gasteiger partial charge in [0.25, 0.3) is 5.91 Å². The minimum absolute atomic E-state index is 0.0598. The highest BCUT2D eigenvalue weighted by atomic mass is 32.2. The summed E-state index contributed by atoms with van der Waals surface area (Å²) < 4.78 is 40.4. The SMILES string of the molecule is Cc1cccc(-c2cccc(C(=O)N3CCCN(S(=O)(=O)c4ccc(F)cc4)CC3)c2)c1. The second kappa shape index (κ2) is 9.22. The molecule has 0 spiro atoms. The molecule has 1 amide bonds. The standard InChI is InChI=1S/C25H25FN2O3S/c1-19-5-2-6-20(17-19)21-7-3-8-22(18-21)25(29)27-13-4-14-28(16-15-27)32(30,31)24-11-9-23(26)10-12-24/h2-3,5-12,17-18H,4,13-16H2,1H3. The average molecular weight is 453 g/mol. The van der Waals surface area contributed by atoms with Gasteiger partial charge in [-0.3, -0.25) is 4.79 Å². The Balaban J connectivity index is 1.49. The zero-order valence-electron chi connectivity index (χ0n) is 17.9. The zero-order chi connectivity index (χ0) is 22.7. The number of benzene rings is 3. The van der Waals surface area contributed by atoms with Crippen molar-refractivity contribution in [3.8, 4) is 11.1 Å². The largest absolute Gasteiger partial charge is 0.337 e. The van der Waals surface area contributed by atoms with Crippen LogP contribution in [0.2, 0.25) is 0 Å². The van der Waals surface area contributed by atoms with Crippen LogP contribution >= 0.6 is 0 Å². The topological polar surface area (TPSA) is 57.7 Å². The predicted molar refractivity (Wildman–Crippen MR) is 122 cm³/mol. The first kappa shape index (κ1) is 22.2. The number of nitrogens with zero attached hydrogens (tertiary/aromatic N) is 2. The van der Waals surface area contributed by atoms with Gasteiger partial charge in [-0.2, -0.15) is 4.31 Å². The molecule has 1 fully saturated rings. The van der Waals surface area contributed by atoms with Crippen molar-refractivity contribution < 1.29 is 17.6 Å². The lowest BCUT2D eigenvalue weighted by molar-refractivity contribution is 0.0764. The van der Waals surface area contributed by atoms with Crippen molar-refractivity contribution in [3.63, 3.8) is 0 Å². The molecule has 32 heavy (non-hydrogen) atoms. The summed E-state index contributed by atoms with van der Waals surface area (Å²) in [5, 5.41) is 0. The highest BCUT2D eigenvalue weighted by molar-refractivity contribution is 7.89. The fourth-order valence-corrected chi connectivity index (χ4v) is 5.40. The number of hydrogen-bond donors (Lipinski definition) is 0. The lowest BCUT2D eigenvalue weighted by Gasteiger charge is -2.22. The van der Waals surface area contributed by atoms with Gasteiger partial charge in [-0.05, 0) is 60.9 Å². The van der Waals surface area contributed by atoms with Crippen LogP contribution in [-0.2, 0) is 10.0 Å². The average Bonchev–Trinajstić information content (AvgIpc) is 3.06. The van der Waals surface area contributed by atoms with Crippen molar-refractivity contribution in [2.75, 3.05) is 26.2 Å². The molecule has 4 rings (SSSR count). The third-order valence-electron chi connectivity index (χ3n) is 5.65. The molecule has 0 bridgehead atoms. The Morgan fingerprint density at radius 3 is 2.25 bits per heavy atom. The van der Waals surface area contributed by atoms with E-state index in [1.54, 1.807) is 11.0 Å². The van der Waals surface area contributed by atoms with Gasteiger partial charge in [0.1, 0.15) is 5.82 Å². The van der Waals surface area contributed by atoms with Gasteiger partial charge < -0.3 is 4.90 Å². The van der Waals surface area contributed by atoms with Gasteiger partial charge in [-0.1, -0.05) is 42.0 Å². The van der Waals surface area contributed by atoms with Crippen molar-refractivity contribution in [1.82, 2.24) is 9.21 Å². The van der Waals surface area contributed by atoms with E-state index < -0.39 is 15.8 Å². The van der Waals surface area contributed by atoms with Crippen molar-refractivity contribution in [1.29, 1.82) is 0 Å². The zero-order valence-corrected chi connectivity index (χ0v) is 18.7. The Morgan fingerprint density at radius 2 is 1.53 bits per heavy atom. The normalized spacial score (nSPS) is 15.4. The van der Waals surface area contributed by atoms with Crippen molar-refractivity contribution >= 4 is 15.9 Å². The summed E-state index contributed by atoms with van der Waals surface area (Å²) in [6, 6.07) is 20.5. The highest BCUT2D eigenvalue weighted by Crippen LogP contribution is 2.23. The first-order valence-corrected chi connectivity index (χ1v) is 12.0. The molecule has 3 aromatic carbocycles. The number of rotatable bonds is 4. The molecule has 1 heterocycles. The minimum Gasteiger partial charge on any atom is -0.337 e. The quantitative estimate of drug-likeness (QED) is 0.592. The molecular formula is C25H25FN2O3S. The molecule has 3 aromatic rings. The number of amides is 1. The number of carbonyl (C=O) groups excluding carboxylic acids is 1. The van der Waals surface area contributed by atoms with Crippen LogP contribution in [0.25, 0.3) is 11.1 Å². The number of sulfonamides is 1. The second-order valence-corrected chi connectivity index (χ2v) is 9.89. The maximum absolute atomic E-state index is 13.2. The van der Waals surface area contributed by atoms with Crippen LogP contribution in [0, 0.1) is 12.7 Å². The maximum atomic E-state index is 13.2. The van der Waals surface area contributed by atoms with Crippen LogP contribution in [0.5, 0.6) is 0 Å². The Hall–Kier alpha value is -3.03. The molecule has 1 aliphatic rings. The highest BCUT2D eigenvalue weighted by Gasteiger charge is 2.28. The van der Waals surface area contributed by atoms with E-state index in [1.165, 1.54) is 16.4 Å². The van der Waals surface area contributed by atoms with Gasteiger partial charge in [0, 0.05) is 31.7 Å². The van der Waals surface area contributed by atoms with Crippen LogP contribution < -0.4 is 0 Å². The van der Waals surface area contributed by atoms with Crippen LogP contribution in [-0.4, -0.2) is 49.7 Å². The van der Waals surface area contributed by atoms with Crippen LogP contribution in [0.4, 0.5) is 4.39 Å². The third-order valence-corrected chi connectivity index (χ3v) is 7.57. The van der Waals surface area contributed by atoms with Crippen LogP contribution in [0.3, 0.4) is 0 Å². The molecule has 5 nitrogen and oxygen atoms in total. The molecule has 0 saturated carbocycles. The smallest absolute Gasteiger partial charge is 0.253 e. The summed E-state index contributed by atoms with van der Waals surface area (Å²) in [6.07, 6.45) is 0.531. The Kier molecular flexibility index (Phi) is 6.39. The van der Waals surface area contributed by atoms with Gasteiger partial charge in [0.2, 0.25) is 10.0 Å². The number of halogens is 1. The predicted octanol–water partition coefficient (Wildman–Crippen LogP) is 4.34. The Bertz CT molecular complexity index is 1230. The van der Waals surface area contributed by atoms with E-state index in [0.29, 0.717) is 31.6 Å². The summed E-state index contributed by atoms with van der Waals surface area (Å²) in [6.45, 7) is 3.31. The fourth-order valence-electron chi connectivity index (χ4n) is 3.93. The number of carbonyl (C=O) groups is 1. The first-order chi connectivity index (χ1) is 15.3. The van der Waals surface area contributed by atoms with Gasteiger partial charge in [-0.25, -0.2) is 12.8 Å². The lowest BCUT2D eigenvalue weighted by Crippen LogP contribution is -2.37. The lowest BCUT2D eigenvalue weighted by atomic mass is 10.0. The molecule has 0 N–H and O–H groups in total. The molecule has 0 radical (unpaired) electrons. The van der Waals surface area contributed by atoms with E-state index >= 15 is 0 Å². The Labute approximate surface area is 188 Å². The van der Waals surface area contributed by atoms with Crippen LogP contribution in [0.15, 0.2) is 77.7 Å². The van der Waals surface area contributed by atoms with Crippen molar-refractivity contribution in [2.24, 2.45) is 0 Å². The van der Waals surface area contributed by atoms with Crippen molar-refractivity contribution in [2.45, 2.75) is 18.2 Å². The van der Waals surface area contributed by atoms with Gasteiger partial charge >= 0.3 is 0 Å². The van der Waals surface area contributed by atoms with Gasteiger partial charge in [0.15, 0.2) is 0 Å². The van der Waals surface area contributed by atoms with Crippen molar-refractivity contribution in [3.05, 3.63) is 89.7 Å². The fraction of sp³-hybridized carbons (Fsp3) is 0.240.